The van der Waals surface area contributed by atoms with E-state index in [2.05, 4.69) is 124 Å². The van der Waals surface area contributed by atoms with Crippen LogP contribution < -0.4 is 4.74 Å². The fourth-order valence-electron chi connectivity index (χ4n) is 7.42. The van der Waals surface area contributed by atoms with Gasteiger partial charge in [-0.05, 0) is 47.1 Å². The van der Waals surface area contributed by atoms with Crippen LogP contribution in [-0.4, -0.2) is 38.9 Å². The summed E-state index contributed by atoms with van der Waals surface area (Å²) < 4.78 is 8.75. The molecule has 202 valence electrons. The molecule has 4 aliphatic rings. The third-order valence-corrected chi connectivity index (χ3v) is 9.07. The topological polar surface area (TPSA) is 43.2 Å². The first-order valence-corrected chi connectivity index (χ1v) is 14.6. The van der Waals surface area contributed by atoms with Crippen molar-refractivity contribution in [1.82, 2.24) is 19.7 Å². The monoisotopic (exact) mass is 536 g/mol. The maximum absolute atomic E-state index is 6.65. The molecule has 2 aromatic heterocycles. The number of benzene rings is 3. The van der Waals surface area contributed by atoms with Crippen molar-refractivity contribution in [3.05, 3.63) is 150 Å². The summed E-state index contributed by atoms with van der Waals surface area (Å²) in [4.78, 5) is 7.08. The van der Waals surface area contributed by atoms with Gasteiger partial charge < -0.3 is 9.64 Å². The zero-order valence-electron chi connectivity index (χ0n) is 22.9. The molecule has 1 aliphatic carbocycles. The molecule has 0 amide bonds. The van der Waals surface area contributed by atoms with Crippen LogP contribution in [-0.2, 0) is 5.54 Å². The van der Waals surface area contributed by atoms with Crippen molar-refractivity contribution in [3.63, 3.8) is 0 Å². The van der Waals surface area contributed by atoms with E-state index in [1.54, 1.807) is 0 Å². The first-order chi connectivity index (χ1) is 20.3. The number of hydrogen-bond acceptors (Lipinski definition) is 4. The number of piperidine rings is 1. The molecular weight excluding hydrogens is 504 g/mol. The molecule has 9 rings (SSSR count). The molecule has 0 N–H and O–H groups in total. The van der Waals surface area contributed by atoms with Gasteiger partial charge in [0.1, 0.15) is 17.4 Å². The number of pyridine rings is 1. The summed E-state index contributed by atoms with van der Waals surface area (Å²) in [5.74, 6) is 2.18. The van der Waals surface area contributed by atoms with Gasteiger partial charge >= 0.3 is 0 Å². The number of rotatable bonds is 7. The third-order valence-electron chi connectivity index (χ3n) is 9.07. The number of aromatic nitrogens is 3. The van der Waals surface area contributed by atoms with Gasteiger partial charge in [0, 0.05) is 48.7 Å². The van der Waals surface area contributed by atoms with Crippen LogP contribution in [0.1, 0.15) is 29.5 Å². The molecule has 3 atom stereocenters. The van der Waals surface area contributed by atoms with Gasteiger partial charge in [-0.2, -0.15) is 5.10 Å². The van der Waals surface area contributed by atoms with Gasteiger partial charge in [0.15, 0.2) is 0 Å². The lowest BCUT2D eigenvalue weighted by Gasteiger charge is -2.50. The Hall–Kier alpha value is -4.64. The Morgan fingerprint density at radius 2 is 1.39 bits per heavy atom. The summed E-state index contributed by atoms with van der Waals surface area (Å²) in [7, 11) is 0. The van der Waals surface area contributed by atoms with E-state index in [9.17, 15) is 0 Å². The van der Waals surface area contributed by atoms with Crippen molar-refractivity contribution in [1.29, 1.82) is 0 Å². The molecule has 5 heterocycles. The van der Waals surface area contributed by atoms with Crippen LogP contribution in [0.4, 0.5) is 0 Å². The molecule has 5 nitrogen and oxygen atoms in total. The molecule has 41 heavy (non-hydrogen) atoms. The van der Waals surface area contributed by atoms with E-state index >= 15 is 0 Å². The number of hydrogen-bond donors (Lipinski definition) is 0. The van der Waals surface area contributed by atoms with Crippen molar-refractivity contribution in [2.75, 3.05) is 13.1 Å². The third kappa shape index (κ3) is 4.07. The Balaban J connectivity index is 1.20. The maximum atomic E-state index is 6.65. The molecule has 4 bridgehead atoms. The van der Waals surface area contributed by atoms with E-state index < -0.39 is 5.54 Å². The van der Waals surface area contributed by atoms with Gasteiger partial charge in [-0.3, -0.25) is 9.67 Å². The van der Waals surface area contributed by atoms with Crippen LogP contribution in [0, 0.1) is 11.8 Å². The molecule has 5 aromatic rings. The molecule has 0 radical (unpaired) electrons. The second kappa shape index (κ2) is 9.77. The smallest absolute Gasteiger partial charge is 0.139 e. The summed E-state index contributed by atoms with van der Waals surface area (Å²) in [5, 5.41) is 5.03. The number of ether oxygens (including phenoxy) is 1. The standard InChI is InChI=1S/C36H32N4O/c1-4-10-31(11-5-1)36(32-12-6-2-7-13-32,33-14-8-3-9-15-33)40-25-30(20-38-40)27-18-34(21-37-19-27)41-35-28-16-26-17-29(35)24-39(22-26)23-28/h1-15,18-21,23,25-26,29,35H,16-17,22,24H2/t26?,29?,35-/m1/s1. The predicted octanol–water partition coefficient (Wildman–Crippen LogP) is 6.77. The van der Waals surface area contributed by atoms with Crippen LogP contribution in [0.5, 0.6) is 5.75 Å². The van der Waals surface area contributed by atoms with E-state index in [4.69, 9.17) is 9.84 Å². The highest BCUT2D eigenvalue weighted by Gasteiger charge is 2.44. The average Bonchev–Trinajstić information content (AvgIpc) is 3.52. The zero-order chi connectivity index (χ0) is 27.2. The fraction of sp³-hybridized carbons (Fsp3) is 0.222. The molecule has 5 heteroatoms. The highest BCUT2D eigenvalue weighted by atomic mass is 16.5. The molecular formula is C36H32N4O. The molecule has 2 fully saturated rings. The van der Waals surface area contributed by atoms with Crippen molar-refractivity contribution in [3.8, 4) is 16.9 Å². The van der Waals surface area contributed by atoms with Crippen LogP contribution >= 0.6 is 0 Å². The molecule has 3 aromatic carbocycles. The second-order valence-corrected chi connectivity index (χ2v) is 11.7. The van der Waals surface area contributed by atoms with Gasteiger partial charge in [0.25, 0.3) is 0 Å². The predicted molar refractivity (Wildman–Crippen MR) is 160 cm³/mol. The summed E-state index contributed by atoms with van der Waals surface area (Å²) >= 11 is 0. The highest BCUT2D eigenvalue weighted by molar-refractivity contribution is 5.63. The Kier molecular flexibility index (Phi) is 5.76. The van der Waals surface area contributed by atoms with E-state index in [1.807, 2.05) is 18.6 Å². The Bertz CT molecular complexity index is 1600. The molecule has 1 saturated heterocycles. The largest absolute Gasteiger partial charge is 0.484 e. The van der Waals surface area contributed by atoms with Crippen LogP contribution in [0.15, 0.2) is 134 Å². The lowest BCUT2D eigenvalue weighted by Crippen LogP contribution is -2.53. The van der Waals surface area contributed by atoms with Crippen LogP contribution in [0.25, 0.3) is 11.1 Å². The summed E-state index contributed by atoms with van der Waals surface area (Å²) in [5.41, 5.74) is 6.24. The van der Waals surface area contributed by atoms with Crippen LogP contribution in [0.2, 0.25) is 0 Å². The summed E-state index contributed by atoms with van der Waals surface area (Å²) in [6.45, 7) is 2.31. The van der Waals surface area contributed by atoms with Gasteiger partial charge in [0.2, 0.25) is 0 Å². The summed E-state index contributed by atoms with van der Waals surface area (Å²) in [6, 6.07) is 34.0. The zero-order valence-corrected chi connectivity index (χ0v) is 22.9. The van der Waals surface area contributed by atoms with Crippen molar-refractivity contribution >= 4 is 0 Å². The second-order valence-electron chi connectivity index (χ2n) is 11.7. The minimum absolute atomic E-state index is 0.157. The number of nitrogens with zero attached hydrogens (tertiary/aromatic N) is 4. The van der Waals surface area contributed by atoms with Gasteiger partial charge in [-0.25, -0.2) is 0 Å². The first kappa shape index (κ1) is 24.2. The molecule has 0 spiro atoms. The van der Waals surface area contributed by atoms with E-state index in [0.29, 0.717) is 5.92 Å². The maximum Gasteiger partial charge on any atom is 0.139 e. The Morgan fingerprint density at radius 1 is 0.732 bits per heavy atom. The van der Waals surface area contributed by atoms with Crippen molar-refractivity contribution in [2.45, 2.75) is 24.5 Å². The average molecular weight is 537 g/mol. The van der Waals surface area contributed by atoms with Crippen LogP contribution in [0.3, 0.4) is 0 Å². The minimum Gasteiger partial charge on any atom is -0.484 e. The van der Waals surface area contributed by atoms with Crippen molar-refractivity contribution in [2.24, 2.45) is 11.8 Å². The van der Waals surface area contributed by atoms with Gasteiger partial charge in [-0.15, -0.1) is 0 Å². The fourth-order valence-corrected chi connectivity index (χ4v) is 7.42. The lowest BCUT2D eigenvalue weighted by atomic mass is 9.71. The van der Waals surface area contributed by atoms with E-state index in [-0.39, 0.29) is 6.10 Å². The normalized spacial score (nSPS) is 21.1. The molecule has 3 aliphatic heterocycles. The van der Waals surface area contributed by atoms with E-state index in [1.165, 1.54) is 18.5 Å². The lowest BCUT2D eigenvalue weighted by molar-refractivity contribution is 0.0275. The summed E-state index contributed by atoms with van der Waals surface area (Å²) in [6.07, 6.45) is 12.8. The minimum atomic E-state index is -0.647. The Morgan fingerprint density at radius 3 is 2.00 bits per heavy atom. The van der Waals surface area contributed by atoms with Crippen molar-refractivity contribution < 1.29 is 4.74 Å². The quantitative estimate of drug-likeness (QED) is 0.215. The SMILES string of the molecule is C1=C2CC3CC(CN1C3)[C@@H]2Oc1cncc(-c2cnn(C(c3ccccc3)(c3ccccc3)c3ccccc3)c2)c1. The Labute approximate surface area is 240 Å². The molecule has 2 unspecified atom stereocenters. The van der Waals surface area contributed by atoms with Gasteiger partial charge in [-0.1, -0.05) is 91.0 Å². The highest BCUT2D eigenvalue weighted by Crippen LogP contribution is 2.45. The van der Waals surface area contributed by atoms with Gasteiger partial charge in [0.05, 0.1) is 12.4 Å². The molecule has 1 saturated carbocycles. The first-order valence-electron chi connectivity index (χ1n) is 14.6. The van der Waals surface area contributed by atoms with E-state index in [0.717, 1.165) is 52.5 Å².